The van der Waals surface area contributed by atoms with E-state index >= 15 is 0 Å². The van der Waals surface area contributed by atoms with Crippen molar-refractivity contribution in [2.24, 2.45) is 0 Å². The number of carbonyl (C=O) groups excluding carboxylic acids is 1. The predicted octanol–water partition coefficient (Wildman–Crippen LogP) is 6.29. The third kappa shape index (κ3) is 4.46. The molecule has 0 radical (unpaired) electrons. The molecule has 3 aromatic carbocycles. The topological polar surface area (TPSA) is 75.7 Å². The lowest BCUT2D eigenvalue weighted by molar-refractivity contribution is -0.114. The molecule has 1 amide bonds. The lowest BCUT2D eigenvalue weighted by Crippen LogP contribution is -2.24. The summed E-state index contributed by atoms with van der Waals surface area (Å²) in [6.07, 6.45) is 1.50. The van der Waals surface area contributed by atoms with E-state index in [0.717, 1.165) is 33.4 Å². The Morgan fingerprint density at radius 3 is 2.37 bits per heavy atom. The van der Waals surface area contributed by atoms with Gasteiger partial charge in [-0.25, -0.2) is 4.98 Å². The Balaban J connectivity index is 1.60. The zero-order valence-electron chi connectivity index (χ0n) is 18.8. The molecule has 174 valence electrons. The Bertz CT molecular complexity index is 1620. The minimum absolute atomic E-state index is 0.210. The summed E-state index contributed by atoms with van der Waals surface area (Å²) in [5, 5.41) is 12.9. The number of carbonyl (C=O) groups is 1. The molecule has 0 saturated heterocycles. The van der Waals surface area contributed by atoms with E-state index in [1.807, 2.05) is 81.9 Å². The van der Waals surface area contributed by atoms with Gasteiger partial charge in [-0.2, -0.15) is 0 Å². The molecule has 35 heavy (non-hydrogen) atoms. The van der Waals surface area contributed by atoms with E-state index in [0.29, 0.717) is 28.0 Å². The van der Waals surface area contributed by atoms with Gasteiger partial charge in [0.05, 0.1) is 22.6 Å². The predicted molar refractivity (Wildman–Crippen MR) is 140 cm³/mol. The van der Waals surface area contributed by atoms with Crippen LogP contribution in [-0.2, 0) is 11.3 Å². The van der Waals surface area contributed by atoms with Gasteiger partial charge >= 0.3 is 0 Å². The van der Waals surface area contributed by atoms with Gasteiger partial charge in [0.25, 0.3) is 0 Å². The number of amides is 1. The van der Waals surface area contributed by atoms with Crippen LogP contribution in [0, 0.1) is 5.41 Å². The molecular weight excluding hydrogens is 481 g/mol. The fraction of sp³-hybridized carbons (Fsp3) is 0.0741. The van der Waals surface area contributed by atoms with E-state index in [4.69, 9.17) is 28.6 Å². The van der Waals surface area contributed by atoms with Crippen LogP contribution in [0.2, 0.25) is 10.0 Å². The minimum atomic E-state index is -0.210. The summed E-state index contributed by atoms with van der Waals surface area (Å²) in [7, 11) is 0. The molecule has 0 atom stereocenters. The Labute approximate surface area is 211 Å². The first kappa shape index (κ1) is 22.9. The van der Waals surface area contributed by atoms with Crippen molar-refractivity contribution in [3.05, 3.63) is 106 Å². The van der Waals surface area contributed by atoms with Gasteiger partial charge in [-0.1, -0.05) is 65.7 Å². The van der Waals surface area contributed by atoms with Crippen molar-refractivity contribution in [3.8, 4) is 16.8 Å². The highest BCUT2D eigenvalue weighted by atomic mass is 35.5. The summed E-state index contributed by atoms with van der Waals surface area (Å²) >= 11 is 12.6. The summed E-state index contributed by atoms with van der Waals surface area (Å²) in [6, 6.07) is 25.1. The summed E-state index contributed by atoms with van der Waals surface area (Å²) in [5.41, 5.74) is 5.54. The van der Waals surface area contributed by atoms with Crippen LogP contribution >= 0.6 is 23.2 Å². The zero-order chi connectivity index (χ0) is 24.5. The summed E-state index contributed by atoms with van der Waals surface area (Å²) in [4.78, 5) is 15.9. The number of hydrogen-bond donors (Lipinski definition) is 2. The van der Waals surface area contributed by atoms with Crippen molar-refractivity contribution in [2.75, 3.05) is 5.32 Å². The number of para-hydroxylation sites is 2. The van der Waals surface area contributed by atoms with Gasteiger partial charge in [-0.05, 0) is 47.5 Å². The Kier molecular flexibility index (Phi) is 6.16. The Morgan fingerprint density at radius 1 is 0.971 bits per heavy atom. The fourth-order valence-corrected chi connectivity index (χ4v) is 4.52. The molecule has 0 aliphatic heterocycles. The molecule has 0 unspecified atom stereocenters. The molecule has 0 bridgehead atoms. The third-order valence-corrected chi connectivity index (χ3v) is 6.33. The highest BCUT2D eigenvalue weighted by molar-refractivity contribution is 6.31. The number of benzene rings is 3. The van der Waals surface area contributed by atoms with Crippen LogP contribution in [0.25, 0.3) is 27.8 Å². The van der Waals surface area contributed by atoms with Crippen LogP contribution in [0.3, 0.4) is 0 Å². The van der Waals surface area contributed by atoms with E-state index < -0.39 is 0 Å². The number of imidazole rings is 1. The number of hydrogen-bond acceptors (Lipinski definition) is 3. The third-order valence-electron chi connectivity index (χ3n) is 5.75. The summed E-state index contributed by atoms with van der Waals surface area (Å²) < 4.78 is 3.85. The molecule has 5 rings (SSSR count). The molecule has 2 heterocycles. The van der Waals surface area contributed by atoms with E-state index in [2.05, 4.69) is 10.3 Å². The molecule has 2 aromatic heterocycles. The molecule has 8 heteroatoms. The van der Waals surface area contributed by atoms with Crippen molar-refractivity contribution in [1.82, 2.24) is 14.1 Å². The highest BCUT2D eigenvalue weighted by Gasteiger charge is 2.15. The maximum Gasteiger partial charge on any atom is 0.222 e. The molecule has 0 saturated carbocycles. The minimum Gasteiger partial charge on any atom is -0.310 e. The van der Waals surface area contributed by atoms with Gasteiger partial charge in [0.1, 0.15) is 5.82 Å². The molecule has 0 aliphatic carbocycles. The van der Waals surface area contributed by atoms with Gasteiger partial charge in [0, 0.05) is 29.4 Å². The van der Waals surface area contributed by atoms with Gasteiger partial charge in [0.15, 0.2) is 0 Å². The number of pyridine rings is 1. The number of halogens is 2. The normalized spacial score (nSPS) is 11.1. The number of anilines is 1. The lowest BCUT2D eigenvalue weighted by Gasteiger charge is -2.11. The summed E-state index contributed by atoms with van der Waals surface area (Å²) in [5.74, 6) is 0.234. The fourth-order valence-electron chi connectivity index (χ4n) is 4.16. The largest absolute Gasteiger partial charge is 0.310 e. The maximum absolute atomic E-state index is 11.6. The van der Waals surface area contributed by atoms with Crippen LogP contribution in [0.4, 0.5) is 5.82 Å². The van der Waals surface area contributed by atoms with Crippen molar-refractivity contribution in [2.45, 2.75) is 13.5 Å². The van der Waals surface area contributed by atoms with E-state index in [1.165, 1.54) is 13.1 Å². The smallest absolute Gasteiger partial charge is 0.222 e. The molecular formula is C27H21Cl2N5O. The van der Waals surface area contributed by atoms with E-state index in [9.17, 15) is 4.79 Å². The Hall–Kier alpha value is -3.87. The average Bonchev–Trinajstić information content (AvgIpc) is 3.13. The van der Waals surface area contributed by atoms with Crippen LogP contribution in [-0.4, -0.2) is 20.0 Å². The molecule has 2 N–H and O–H groups in total. The second-order valence-corrected chi connectivity index (χ2v) is 8.95. The zero-order valence-corrected chi connectivity index (χ0v) is 20.3. The van der Waals surface area contributed by atoms with Crippen molar-refractivity contribution in [3.63, 3.8) is 0 Å². The number of fused-ring (bicyclic) bond motifs is 1. The first-order valence-corrected chi connectivity index (χ1v) is 11.7. The van der Waals surface area contributed by atoms with Crippen LogP contribution in [0.5, 0.6) is 0 Å². The second kappa shape index (κ2) is 9.41. The molecule has 0 aliphatic rings. The van der Waals surface area contributed by atoms with E-state index in [-0.39, 0.29) is 5.91 Å². The Morgan fingerprint density at radius 2 is 1.66 bits per heavy atom. The van der Waals surface area contributed by atoms with Crippen LogP contribution in [0.15, 0.2) is 85.1 Å². The quantitative estimate of drug-likeness (QED) is 0.297. The molecule has 6 nitrogen and oxygen atoms in total. The lowest BCUT2D eigenvalue weighted by atomic mass is 10.1. The number of nitrogens with one attached hydrogen (secondary N) is 2. The van der Waals surface area contributed by atoms with Crippen molar-refractivity contribution in [1.29, 1.82) is 5.41 Å². The van der Waals surface area contributed by atoms with Crippen molar-refractivity contribution < 1.29 is 4.79 Å². The standard InChI is InChI=1S/C27H21Cl2N5O/c1-17(35)32-26-22(14-20(28)15-31-26)18-10-12-21(13-11-18)34-25-9-5-4-8-24(25)33(27(34)30)16-19-6-2-3-7-23(19)29/h2-15,30H,16H2,1H3,(H,31,32,35). The highest BCUT2D eigenvalue weighted by Crippen LogP contribution is 2.30. The number of aromatic nitrogens is 3. The number of nitrogens with zero attached hydrogens (tertiary/aromatic N) is 3. The first-order valence-electron chi connectivity index (χ1n) is 10.9. The monoisotopic (exact) mass is 501 g/mol. The second-order valence-electron chi connectivity index (χ2n) is 8.10. The van der Waals surface area contributed by atoms with Crippen molar-refractivity contribution >= 4 is 46.0 Å². The number of rotatable bonds is 5. The van der Waals surface area contributed by atoms with Gasteiger partial charge in [0.2, 0.25) is 11.5 Å². The van der Waals surface area contributed by atoms with Gasteiger partial charge in [-0.3, -0.25) is 14.8 Å². The van der Waals surface area contributed by atoms with Crippen LogP contribution in [0.1, 0.15) is 12.5 Å². The van der Waals surface area contributed by atoms with Crippen LogP contribution < -0.4 is 10.9 Å². The molecule has 0 fully saturated rings. The molecule has 0 spiro atoms. The summed E-state index contributed by atoms with van der Waals surface area (Å²) in [6.45, 7) is 1.92. The van der Waals surface area contributed by atoms with Gasteiger partial charge < -0.3 is 9.88 Å². The molecule has 5 aromatic rings. The average molecular weight is 502 g/mol. The maximum atomic E-state index is 11.6. The SMILES string of the molecule is CC(=O)Nc1ncc(Cl)cc1-c1ccc(-n2c(=N)n(Cc3ccccc3Cl)c3ccccc32)cc1. The van der Waals surface area contributed by atoms with E-state index in [1.54, 1.807) is 6.07 Å². The first-order chi connectivity index (χ1) is 16.9. The van der Waals surface area contributed by atoms with Gasteiger partial charge in [-0.15, -0.1) is 0 Å².